The summed E-state index contributed by atoms with van der Waals surface area (Å²) >= 11 is 3.05. The van der Waals surface area contributed by atoms with Crippen LogP contribution in [0.5, 0.6) is 0 Å². The summed E-state index contributed by atoms with van der Waals surface area (Å²) in [5.74, 6) is 0.0466. The van der Waals surface area contributed by atoms with Crippen molar-refractivity contribution in [3.63, 3.8) is 0 Å². The van der Waals surface area contributed by atoms with Gasteiger partial charge in [-0.05, 0) is 60.4 Å². The Bertz CT molecular complexity index is 758. The van der Waals surface area contributed by atoms with Crippen molar-refractivity contribution in [2.24, 2.45) is 0 Å². The highest BCUT2D eigenvalue weighted by molar-refractivity contribution is 7.17. The number of carbonyl (C=O) groups is 1. The molecule has 0 bridgehead atoms. The molecule has 0 saturated heterocycles. The van der Waals surface area contributed by atoms with Crippen molar-refractivity contribution in [2.75, 3.05) is 5.32 Å². The fourth-order valence-corrected chi connectivity index (χ4v) is 3.68. The number of aromatic nitrogens is 1. The van der Waals surface area contributed by atoms with Crippen molar-refractivity contribution in [1.82, 2.24) is 4.37 Å². The molecule has 0 saturated carbocycles. The van der Waals surface area contributed by atoms with E-state index in [1.54, 1.807) is 18.3 Å². The molecule has 0 fully saturated rings. The monoisotopic (exact) mass is 288 g/mol. The summed E-state index contributed by atoms with van der Waals surface area (Å²) in [5, 5.41) is 7.40. The first-order valence-electron chi connectivity index (χ1n) is 5.86. The SMILES string of the molecule is CC(=O)c1c(C)nsc1Nc1ccc2sccc2c1. The van der Waals surface area contributed by atoms with Crippen LogP contribution in [0.2, 0.25) is 0 Å². The van der Waals surface area contributed by atoms with E-state index in [4.69, 9.17) is 0 Å². The standard InChI is InChI=1S/C14H12N2OS2/c1-8-13(9(2)17)14(19-16-8)15-11-3-4-12-10(7-11)5-6-18-12/h3-7,15H,1-2H3. The first kappa shape index (κ1) is 12.3. The van der Waals surface area contributed by atoms with Crippen LogP contribution >= 0.6 is 22.9 Å². The van der Waals surface area contributed by atoms with Gasteiger partial charge in [0.25, 0.3) is 0 Å². The molecular weight excluding hydrogens is 276 g/mol. The fraction of sp³-hybridized carbons (Fsp3) is 0.143. The second-order valence-electron chi connectivity index (χ2n) is 4.33. The van der Waals surface area contributed by atoms with Gasteiger partial charge in [-0.15, -0.1) is 11.3 Å². The molecule has 0 atom stereocenters. The average molecular weight is 288 g/mol. The maximum Gasteiger partial charge on any atom is 0.164 e. The zero-order valence-corrected chi connectivity index (χ0v) is 12.2. The highest BCUT2D eigenvalue weighted by Crippen LogP contribution is 2.30. The second-order valence-corrected chi connectivity index (χ2v) is 6.05. The molecule has 1 aromatic carbocycles. The predicted octanol–water partition coefficient (Wildman–Crippen LogP) is 4.61. The van der Waals surface area contributed by atoms with E-state index in [0.29, 0.717) is 5.56 Å². The highest BCUT2D eigenvalue weighted by atomic mass is 32.1. The number of nitrogens with zero attached hydrogens (tertiary/aromatic N) is 1. The Hall–Kier alpha value is -1.72. The Morgan fingerprint density at radius 3 is 2.95 bits per heavy atom. The van der Waals surface area contributed by atoms with Crippen molar-refractivity contribution >= 4 is 49.4 Å². The highest BCUT2D eigenvalue weighted by Gasteiger charge is 2.14. The third-order valence-corrected chi connectivity index (χ3v) is 4.68. The van der Waals surface area contributed by atoms with Crippen molar-refractivity contribution in [2.45, 2.75) is 13.8 Å². The van der Waals surface area contributed by atoms with Gasteiger partial charge in [0.15, 0.2) is 5.78 Å². The Balaban J connectivity index is 1.98. The van der Waals surface area contributed by atoms with Crippen LogP contribution in [0.1, 0.15) is 23.0 Å². The number of hydrogen-bond donors (Lipinski definition) is 1. The van der Waals surface area contributed by atoms with Gasteiger partial charge in [-0.3, -0.25) is 4.79 Å². The van der Waals surface area contributed by atoms with Gasteiger partial charge in [0.1, 0.15) is 5.00 Å². The molecule has 1 N–H and O–H groups in total. The van der Waals surface area contributed by atoms with E-state index >= 15 is 0 Å². The van der Waals surface area contributed by atoms with Crippen molar-refractivity contribution in [3.05, 3.63) is 40.9 Å². The second kappa shape index (κ2) is 4.75. The minimum Gasteiger partial charge on any atom is -0.345 e. The number of rotatable bonds is 3. The molecule has 0 aliphatic heterocycles. The van der Waals surface area contributed by atoms with Gasteiger partial charge in [-0.25, -0.2) is 0 Å². The number of thiophene rings is 1. The van der Waals surface area contributed by atoms with Gasteiger partial charge >= 0.3 is 0 Å². The number of anilines is 2. The molecule has 96 valence electrons. The molecule has 0 aliphatic carbocycles. The molecule has 0 unspecified atom stereocenters. The molecule has 0 spiro atoms. The van der Waals surface area contributed by atoms with Crippen LogP contribution in [-0.4, -0.2) is 10.2 Å². The van der Waals surface area contributed by atoms with Gasteiger partial charge in [-0.2, -0.15) is 4.37 Å². The van der Waals surface area contributed by atoms with E-state index < -0.39 is 0 Å². The molecule has 3 nitrogen and oxygen atoms in total. The van der Waals surface area contributed by atoms with Gasteiger partial charge in [-0.1, -0.05) is 0 Å². The molecule has 2 heterocycles. The normalized spacial score (nSPS) is 10.8. The molecule has 0 amide bonds. The Kier molecular flexibility index (Phi) is 3.08. The minimum atomic E-state index is 0.0466. The zero-order chi connectivity index (χ0) is 13.4. The fourth-order valence-electron chi connectivity index (χ4n) is 2.05. The maximum absolute atomic E-state index is 11.6. The molecule has 0 aliphatic rings. The lowest BCUT2D eigenvalue weighted by atomic mass is 10.2. The summed E-state index contributed by atoms with van der Waals surface area (Å²) in [6, 6.07) is 8.29. The number of hydrogen-bond acceptors (Lipinski definition) is 5. The Morgan fingerprint density at radius 1 is 1.32 bits per heavy atom. The van der Waals surface area contributed by atoms with Crippen molar-refractivity contribution in [3.8, 4) is 0 Å². The number of aryl methyl sites for hydroxylation is 1. The minimum absolute atomic E-state index is 0.0466. The van der Waals surface area contributed by atoms with E-state index in [2.05, 4.69) is 33.3 Å². The van der Waals surface area contributed by atoms with Crippen LogP contribution in [-0.2, 0) is 0 Å². The molecule has 5 heteroatoms. The largest absolute Gasteiger partial charge is 0.345 e. The molecule has 0 radical (unpaired) electrons. The third kappa shape index (κ3) is 2.27. The van der Waals surface area contributed by atoms with Gasteiger partial charge < -0.3 is 5.32 Å². The number of nitrogens with one attached hydrogen (secondary N) is 1. The van der Waals surface area contributed by atoms with Gasteiger partial charge in [0.05, 0.1) is 11.3 Å². The first-order chi connectivity index (χ1) is 9.15. The summed E-state index contributed by atoms with van der Waals surface area (Å²) in [7, 11) is 0. The van der Waals surface area contributed by atoms with E-state index in [0.717, 1.165) is 16.4 Å². The topological polar surface area (TPSA) is 42.0 Å². The quantitative estimate of drug-likeness (QED) is 0.715. The molecule has 19 heavy (non-hydrogen) atoms. The van der Waals surface area contributed by atoms with Crippen LogP contribution in [0.3, 0.4) is 0 Å². The van der Waals surface area contributed by atoms with Gasteiger partial charge in [0, 0.05) is 10.4 Å². The molecule has 3 rings (SSSR count). The van der Waals surface area contributed by atoms with Gasteiger partial charge in [0.2, 0.25) is 0 Å². The van der Waals surface area contributed by atoms with Crippen LogP contribution in [0.15, 0.2) is 29.6 Å². The summed E-state index contributed by atoms with van der Waals surface area (Å²) in [6.45, 7) is 3.43. The first-order valence-corrected chi connectivity index (χ1v) is 7.52. The number of fused-ring (bicyclic) bond motifs is 1. The van der Waals surface area contributed by atoms with E-state index in [1.165, 1.54) is 21.6 Å². The average Bonchev–Trinajstić information content (AvgIpc) is 2.95. The number of carbonyl (C=O) groups excluding carboxylic acids is 1. The zero-order valence-electron chi connectivity index (χ0n) is 10.6. The molecular formula is C14H12N2OS2. The Morgan fingerprint density at radius 2 is 2.16 bits per heavy atom. The van der Waals surface area contributed by atoms with E-state index in [-0.39, 0.29) is 5.78 Å². The number of Topliss-reactive ketones (excluding diaryl/α,β-unsaturated/α-hetero) is 1. The molecule has 3 aromatic rings. The van der Waals surface area contributed by atoms with Crippen molar-refractivity contribution < 1.29 is 4.79 Å². The summed E-state index contributed by atoms with van der Waals surface area (Å²) in [4.78, 5) is 11.6. The third-order valence-electron chi connectivity index (χ3n) is 2.93. The van der Waals surface area contributed by atoms with E-state index in [1.807, 2.05) is 13.0 Å². The predicted molar refractivity (Wildman–Crippen MR) is 82.0 cm³/mol. The summed E-state index contributed by atoms with van der Waals surface area (Å²) in [6.07, 6.45) is 0. The van der Waals surface area contributed by atoms with Crippen LogP contribution in [0.25, 0.3) is 10.1 Å². The van der Waals surface area contributed by atoms with Crippen molar-refractivity contribution in [1.29, 1.82) is 0 Å². The van der Waals surface area contributed by atoms with Crippen LogP contribution in [0.4, 0.5) is 10.7 Å². The summed E-state index contributed by atoms with van der Waals surface area (Å²) in [5.41, 5.74) is 2.46. The number of benzene rings is 1. The lowest BCUT2D eigenvalue weighted by molar-refractivity contribution is 0.101. The number of ketones is 1. The van der Waals surface area contributed by atoms with Crippen LogP contribution in [0, 0.1) is 6.92 Å². The lowest BCUT2D eigenvalue weighted by Gasteiger charge is -2.05. The van der Waals surface area contributed by atoms with E-state index in [9.17, 15) is 4.79 Å². The molecule has 2 aromatic heterocycles. The van der Waals surface area contributed by atoms with Crippen LogP contribution < -0.4 is 5.32 Å². The smallest absolute Gasteiger partial charge is 0.164 e. The maximum atomic E-state index is 11.6. The Labute approximate surface area is 119 Å². The summed E-state index contributed by atoms with van der Waals surface area (Å²) < 4.78 is 5.51. The lowest BCUT2D eigenvalue weighted by Crippen LogP contribution is -1.98.